The molecule has 2 aliphatic rings. The number of aliphatic hydroxyl groups is 1. The zero-order valence-corrected chi connectivity index (χ0v) is 8.97. The van der Waals surface area contributed by atoms with E-state index >= 15 is 0 Å². The van der Waals surface area contributed by atoms with Crippen molar-refractivity contribution >= 4 is 0 Å². The Hall–Kier alpha value is -0.0400. The predicted molar refractivity (Wildman–Crippen MR) is 54.5 cm³/mol. The molecule has 1 heteroatoms. The predicted octanol–water partition coefficient (Wildman–Crippen LogP) is 3.12. The minimum absolute atomic E-state index is 0.372. The van der Waals surface area contributed by atoms with Crippen LogP contribution in [0.5, 0.6) is 0 Å². The average molecular weight is 182 g/mol. The second-order valence-electron chi connectivity index (χ2n) is 5.81. The van der Waals surface area contributed by atoms with Crippen LogP contribution in [0.25, 0.3) is 0 Å². The fourth-order valence-corrected chi connectivity index (χ4v) is 3.64. The maximum Gasteiger partial charge on any atom is 0.0625 e. The van der Waals surface area contributed by atoms with Crippen molar-refractivity contribution in [2.75, 3.05) is 0 Å². The van der Waals surface area contributed by atoms with Crippen molar-refractivity contribution in [2.24, 2.45) is 11.3 Å². The van der Waals surface area contributed by atoms with Gasteiger partial charge in [0.25, 0.3) is 0 Å². The first-order chi connectivity index (χ1) is 6.02. The molecular formula is C12H22O. The van der Waals surface area contributed by atoms with Gasteiger partial charge in [0.2, 0.25) is 0 Å². The molecule has 1 nitrogen and oxygen atoms in total. The van der Waals surface area contributed by atoms with Crippen LogP contribution in [0, 0.1) is 11.3 Å². The average Bonchev–Trinajstić information content (AvgIpc) is 2.00. The number of rotatable bonds is 0. The Morgan fingerprint density at radius 2 is 1.85 bits per heavy atom. The van der Waals surface area contributed by atoms with Crippen molar-refractivity contribution < 1.29 is 5.11 Å². The lowest BCUT2D eigenvalue weighted by molar-refractivity contribution is -0.0741. The first kappa shape index (κ1) is 9.51. The molecule has 2 aliphatic carbocycles. The summed E-state index contributed by atoms with van der Waals surface area (Å²) in [5, 5.41) is 10.1. The maximum atomic E-state index is 10.1. The molecular weight excluding hydrogens is 160 g/mol. The van der Waals surface area contributed by atoms with Gasteiger partial charge in [-0.2, -0.15) is 0 Å². The second-order valence-corrected chi connectivity index (χ2v) is 5.81. The summed E-state index contributed by atoms with van der Waals surface area (Å²) in [4.78, 5) is 0. The summed E-state index contributed by atoms with van der Waals surface area (Å²) >= 11 is 0. The quantitative estimate of drug-likeness (QED) is 0.610. The van der Waals surface area contributed by atoms with E-state index in [1.165, 1.54) is 32.1 Å². The Kier molecular flexibility index (Phi) is 2.18. The van der Waals surface area contributed by atoms with Gasteiger partial charge in [-0.25, -0.2) is 0 Å². The summed E-state index contributed by atoms with van der Waals surface area (Å²) in [6.07, 6.45) is 8.85. The lowest BCUT2D eigenvalue weighted by Crippen LogP contribution is -2.44. The summed E-state index contributed by atoms with van der Waals surface area (Å²) < 4.78 is 0. The Morgan fingerprint density at radius 3 is 2.62 bits per heavy atom. The van der Waals surface area contributed by atoms with Crippen LogP contribution in [0.3, 0.4) is 0 Å². The Bertz CT molecular complexity index is 197. The van der Waals surface area contributed by atoms with Crippen LogP contribution in [-0.2, 0) is 0 Å². The minimum atomic E-state index is -0.372. The molecule has 13 heavy (non-hydrogen) atoms. The lowest BCUT2D eigenvalue weighted by atomic mass is 9.57. The van der Waals surface area contributed by atoms with Crippen LogP contribution in [0.2, 0.25) is 0 Å². The van der Waals surface area contributed by atoms with E-state index in [0.717, 1.165) is 18.8 Å². The molecule has 0 radical (unpaired) electrons. The molecule has 2 saturated carbocycles. The molecule has 1 N–H and O–H groups in total. The van der Waals surface area contributed by atoms with Gasteiger partial charge in [0.1, 0.15) is 0 Å². The first-order valence-corrected chi connectivity index (χ1v) is 5.74. The molecule has 0 bridgehead atoms. The van der Waals surface area contributed by atoms with Crippen molar-refractivity contribution in [1.82, 2.24) is 0 Å². The zero-order chi connectivity index (χ0) is 9.53. The van der Waals surface area contributed by atoms with Gasteiger partial charge in [-0.05, 0) is 50.4 Å². The van der Waals surface area contributed by atoms with E-state index in [0.29, 0.717) is 5.41 Å². The second kappa shape index (κ2) is 2.98. The summed E-state index contributed by atoms with van der Waals surface area (Å²) in [6, 6.07) is 0. The van der Waals surface area contributed by atoms with E-state index in [4.69, 9.17) is 0 Å². The molecule has 0 aliphatic heterocycles. The highest BCUT2D eigenvalue weighted by molar-refractivity contribution is 4.96. The zero-order valence-electron chi connectivity index (χ0n) is 8.97. The van der Waals surface area contributed by atoms with Crippen molar-refractivity contribution in [1.29, 1.82) is 0 Å². The third kappa shape index (κ3) is 1.76. The van der Waals surface area contributed by atoms with Gasteiger partial charge in [-0.15, -0.1) is 0 Å². The van der Waals surface area contributed by atoms with Crippen molar-refractivity contribution in [3.63, 3.8) is 0 Å². The smallest absolute Gasteiger partial charge is 0.0625 e. The largest absolute Gasteiger partial charge is 0.390 e. The normalized spacial score (nSPS) is 51.5. The molecule has 0 amide bonds. The van der Waals surface area contributed by atoms with Crippen LogP contribution in [0.4, 0.5) is 0 Å². The van der Waals surface area contributed by atoms with Gasteiger partial charge in [0.05, 0.1) is 5.60 Å². The monoisotopic (exact) mass is 182 g/mol. The van der Waals surface area contributed by atoms with Gasteiger partial charge in [0.15, 0.2) is 0 Å². The van der Waals surface area contributed by atoms with E-state index in [-0.39, 0.29) is 5.60 Å². The fraction of sp³-hybridized carbons (Fsp3) is 1.00. The van der Waals surface area contributed by atoms with Crippen LogP contribution in [-0.4, -0.2) is 10.7 Å². The SMILES string of the molecule is C[C@]1(O)CC[C@@H]2CCCC[C@]2(C)C1. The summed E-state index contributed by atoms with van der Waals surface area (Å²) in [6.45, 7) is 4.41. The first-order valence-electron chi connectivity index (χ1n) is 5.74. The lowest BCUT2D eigenvalue weighted by Gasteiger charge is -2.50. The molecule has 0 aromatic rings. The highest BCUT2D eigenvalue weighted by atomic mass is 16.3. The summed E-state index contributed by atoms with van der Waals surface area (Å²) in [5.41, 5.74) is 0.0859. The van der Waals surface area contributed by atoms with Crippen molar-refractivity contribution in [2.45, 2.75) is 64.4 Å². The topological polar surface area (TPSA) is 20.2 Å². The standard InChI is InChI=1S/C12H22O/c1-11-7-4-3-5-10(11)6-8-12(2,13)9-11/h10,13H,3-9H2,1-2H3/t10-,11+,12-/m0/s1. The molecule has 0 heterocycles. The van der Waals surface area contributed by atoms with Gasteiger partial charge < -0.3 is 5.11 Å². The Labute approximate surface area is 81.5 Å². The summed E-state index contributed by atoms with van der Waals surface area (Å²) in [7, 11) is 0. The third-order valence-electron chi connectivity index (χ3n) is 4.35. The van der Waals surface area contributed by atoms with E-state index in [9.17, 15) is 5.11 Å². The van der Waals surface area contributed by atoms with Gasteiger partial charge in [-0.1, -0.05) is 19.8 Å². The number of fused-ring (bicyclic) bond motifs is 1. The number of hydrogen-bond donors (Lipinski definition) is 1. The van der Waals surface area contributed by atoms with Crippen LogP contribution < -0.4 is 0 Å². The van der Waals surface area contributed by atoms with E-state index in [2.05, 4.69) is 6.92 Å². The van der Waals surface area contributed by atoms with E-state index < -0.39 is 0 Å². The van der Waals surface area contributed by atoms with Crippen molar-refractivity contribution in [3.05, 3.63) is 0 Å². The third-order valence-corrected chi connectivity index (χ3v) is 4.35. The molecule has 0 aromatic heterocycles. The number of hydrogen-bond acceptors (Lipinski definition) is 1. The molecule has 0 aromatic carbocycles. The molecule has 0 spiro atoms. The van der Waals surface area contributed by atoms with Crippen LogP contribution >= 0.6 is 0 Å². The van der Waals surface area contributed by atoms with Crippen molar-refractivity contribution in [3.8, 4) is 0 Å². The highest BCUT2D eigenvalue weighted by Gasteiger charge is 2.45. The highest BCUT2D eigenvalue weighted by Crippen LogP contribution is 2.52. The van der Waals surface area contributed by atoms with Gasteiger partial charge in [-0.3, -0.25) is 0 Å². The molecule has 0 unspecified atom stereocenters. The maximum absolute atomic E-state index is 10.1. The molecule has 0 saturated heterocycles. The molecule has 3 atom stereocenters. The van der Waals surface area contributed by atoms with Crippen LogP contribution in [0.15, 0.2) is 0 Å². The van der Waals surface area contributed by atoms with Gasteiger partial charge in [0, 0.05) is 0 Å². The summed E-state index contributed by atoms with van der Waals surface area (Å²) in [5.74, 6) is 0.904. The minimum Gasteiger partial charge on any atom is -0.390 e. The van der Waals surface area contributed by atoms with E-state index in [1.807, 2.05) is 6.92 Å². The fourth-order valence-electron chi connectivity index (χ4n) is 3.64. The van der Waals surface area contributed by atoms with Crippen LogP contribution in [0.1, 0.15) is 58.8 Å². The molecule has 76 valence electrons. The Morgan fingerprint density at radius 1 is 1.08 bits per heavy atom. The van der Waals surface area contributed by atoms with E-state index in [1.54, 1.807) is 0 Å². The molecule has 2 rings (SSSR count). The van der Waals surface area contributed by atoms with Gasteiger partial charge >= 0.3 is 0 Å². The Balaban J connectivity index is 2.12. The molecule has 2 fully saturated rings.